The summed E-state index contributed by atoms with van der Waals surface area (Å²) in [6.07, 6.45) is 4.88. The third kappa shape index (κ3) is 5.03. The molecule has 34 heavy (non-hydrogen) atoms. The molecule has 9 nitrogen and oxygen atoms in total. The number of benzene rings is 2. The van der Waals surface area contributed by atoms with Crippen molar-refractivity contribution in [3.8, 4) is 11.5 Å². The number of amides is 1. The molecule has 2 heterocycles. The van der Waals surface area contributed by atoms with E-state index in [4.69, 9.17) is 14.2 Å². The van der Waals surface area contributed by atoms with Crippen molar-refractivity contribution in [1.82, 2.24) is 9.55 Å². The van der Waals surface area contributed by atoms with Crippen LogP contribution in [0.1, 0.15) is 41.9 Å². The Labute approximate surface area is 196 Å². The van der Waals surface area contributed by atoms with Gasteiger partial charge in [-0.1, -0.05) is 12.8 Å². The number of nitrogens with zero attached hydrogens (tertiary/aromatic N) is 2. The van der Waals surface area contributed by atoms with Crippen LogP contribution in [0.5, 0.6) is 11.5 Å². The van der Waals surface area contributed by atoms with Crippen molar-refractivity contribution in [3.63, 3.8) is 0 Å². The van der Waals surface area contributed by atoms with Crippen LogP contribution in [0.2, 0.25) is 0 Å². The van der Waals surface area contributed by atoms with Gasteiger partial charge in [-0.2, -0.15) is 0 Å². The summed E-state index contributed by atoms with van der Waals surface area (Å²) in [6.45, 7) is 0.182. The Morgan fingerprint density at radius 1 is 1.03 bits per heavy atom. The monoisotopic (exact) mass is 465 g/mol. The van der Waals surface area contributed by atoms with Gasteiger partial charge < -0.3 is 19.5 Å². The van der Waals surface area contributed by atoms with Gasteiger partial charge in [0.1, 0.15) is 17.3 Å². The molecule has 4 rings (SSSR count). The minimum Gasteiger partial charge on any atom is -0.497 e. The summed E-state index contributed by atoms with van der Waals surface area (Å²) in [5, 5.41) is 3.11. The first-order valence-electron chi connectivity index (χ1n) is 11.2. The highest BCUT2D eigenvalue weighted by atomic mass is 16.5. The first-order valence-corrected chi connectivity index (χ1v) is 11.2. The molecule has 1 N–H and O–H groups in total. The number of aryl methyl sites for hydroxylation is 1. The SMILES string of the molecule is COc1ccc(NC(=O)COC(=O)c2ccc3c(=O)n4c(nc3c2)CCCCCC4)c(OC)c1. The Morgan fingerprint density at radius 3 is 2.65 bits per heavy atom. The second-order valence-electron chi connectivity index (χ2n) is 8.07. The molecule has 0 fully saturated rings. The van der Waals surface area contributed by atoms with Crippen LogP contribution >= 0.6 is 0 Å². The molecule has 0 saturated heterocycles. The Kier molecular flexibility index (Phi) is 7.10. The molecule has 3 aromatic rings. The number of aromatic nitrogens is 2. The van der Waals surface area contributed by atoms with Crippen molar-refractivity contribution >= 4 is 28.5 Å². The van der Waals surface area contributed by atoms with Crippen LogP contribution in [0.25, 0.3) is 10.9 Å². The number of carbonyl (C=O) groups is 2. The Balaban J connectivity index is 1.46. The number of carbonyl (C=O) groups excluding carboxylic acids is 2. The molecule has 0 saturated carbocycles. The van der Waals surface area contributed by atoms with Gasteiger partial charge in [-0.05, 0) is 43.2 Å². The molecule has 9 heteroatoms. The molecule has 0 spiro atoms. The summed E-state index contributed by atoms with van der Waals surface area (Å²) >= 11 is 0. The van der Waals surface area contributed by atoms with Crippen molar-refractivity contribution in [2.45, 2.75) is 38.6 Å². The highest BCUT2D eigenvalue weighted by molar-refractivity contribution is 5.98. The van der Waals surface area contributed by atoms with Crippen LogP contribution in [0.4, 0.5) is 5.69 Å². The lowest BCUT2D eigenvalue weighted by atomic mass is 10.1. The van der Waals surface area contributed by atoms with Gasteiger partial charge in [-0.25, -0.2) is 9.78 Å². The summed E-state index contributed by atoms with van der Waals surface area (Å²) in [6, 6.07) is 9.61. The average molecular weight is 466 g/mol. The molecular formula is C25H27N3O6. The van der Waals surface area contributed by atoms with Gasteiger partial charge in [0.25, 0.3) is 11.5 Å². The zero-order valence-corrected chi connectivity index (χ0v) is 19.3. The summed E-state index contributed by atoms with van der Waals surface area (Å²) in [4.78, 5) is 42.5. The lowest BCUT2D eigenvalue weighted by molar-refractivity contribution is -0.119. The third-order valence-corrected chi connectivity index (χ3v) is 5.82. The van der Waals surface area contributed by atoms with Crippen LogP contribution in [0.3, 0.4) is 0 Å². The maximum absolute atomic E-state index is 12.9. The molecule has 1 aliphatic heterocycles. The van der Waals surface area contributed by atoms with E-state index >= 15 is 0 Å². The van der Waals surface area contributed by atoms with Gasteiger partial charge in [-0.3, -0.25) is 14.2 Å². The Morgan fingerprint density at radius 2 is 1.85 bits per heavy atom. The topological polar surface area (TPSA) is 109 Å². The predicted octanol–water partition coefficient (Wildman–Crippen LogP) is 3.33. The number of fused-ring (bicyclic) bond motifs is 2. The molecule has 178 valence electrons. The van der Waals surface area contributed by atoms with Crippen molar-refractivity contribution in [3.05, 3.63) is 58.1 Å². The molecule has 2 aromatic carbocycles. The second-order valence-corrected chi connectivity index (χ2v) is 8.07. The predicted molar refractivity (Wildman–Crippen MR) is 127 cm³/mol. The highest BCUT2D eigenvalue weighted by Crippen LogP contribution is 2.29. The number of ether oxygens (including phenoxy) is 3. The van der Waals surface area contributed by atoms with Gasteiger partial charge in [0.2, 0.25) is 0 Å². The molecule has 0 radical (unpaired) electrons. The maximum atomic E-state index is 12.9. The van der Waals surface area contributed by atoms with E-state index in [-0.39, 0.29) is 11.1 Å². The van der Waals surface area contributed by atoms with E-state index in [9.17, 15) is 14.4 Å². The van der Waals surface area contributed by atoms with Gasteiger partial charge >= 0.3 is 5.97 Å². The van der Waals surface area contributed by atoms with E-state index in [0.29, 0.717) is 34.6 Å². The summed E-state index contributed by atoms with van der Waals surface area (Å²) in [7, 11) is 3.01. The molecule has 0 aliphatic carbocycles. The van der Waals surface area contributed by atoms with E-state index in [1.165, 1.54) is 20.3 Å². The number of anilines is 1. The van der Waals surface area contributed by atoms with E-state index in [1.54, 1.807) is 34.9 Å². The molecule has 0 atom stereocenters. The number of rotatable bonds is 6. The van der Waals surface area contributed by atoms with Crippen LogP contribution in [-0.2, 0) is 22.5 Å². The fourth-order valence-electron chi connectivity index (χ4n) is 4.02. The molecule has 1 aliphatic rings. The molecular weight excluding hydrogens is 438 g/mol. The standard InChI is InChI=1S/C25H27N3O6/c1-32-17-9-11-19(21(14-17)33-2)27-23(29)15-34-25(31)16-8-10-18-20(13-16)26-22-7-5-3-4-6-12-28(22)24(18)30/h8-11,13-14H,3-7,12,15H2,1-2H3,(H,27,29). The number of hydrogen-bond acceptors (Lipinski definition) is 7. The minimum atomic E-state index is -0.674. The fourth-order valence-corrected chi connectivity index (χ4v) is 4.02. The van der Waals surface area contributed by atoms with Crippen LogP contribution in [0, 0.1) is 0 Å². The highest BCUT2D eigenvalue weighted by Gasteiger charge is 2.17. The number of hydrogen-bond donors (Lipinski definition) is 1. The number of esters is 1. The van der Waals surface area contributed by atoms with Crippen molar-refractivity contribution in [2.75, 3.05) is 26.1 Å². The number of methoxy groups -OCH3 is 2. The summed E-state index contributed by atoms with van der Waals surface area (Å²) < 4.78 is 17.3. The van der Waals surface area contributed by atoms with E-state index in [2.05, 4.69) is 10.3 Å². The average Bonchev–Trinajstić information content (AvgIpc) is 2.83. The van der Waals surface area contributed by atoms with Gasteiger partial charge in [0.15, 0.2) is 6.61 Å². The largest absolute Gasteiger partial charge is 0.497 e. The van der Waals surface area contributed by atoms with E-state index < -0.39 is 18.5 Å². The molecule has 0 unspecified atom stereocenters. The van der Waals surface area contributed by atoms with Crippen LogP contribution < -0.4 is 20.3 Å². The van der Waals surface area contributed by atoms with Gasteiger partial charge in [0, 0.05) is 19.0 Å². The zero-order chi connectivity index (χ0) is 24.1. The second kappa shape index (κ2) is 10.4. The van der Waals surface area contributed by atoms with Crippen LogP contribution in [-0.4, -0.2) is 42.3 Å². The van der Waals surface area contributed by atoms with Crippen molar-refractivity contribution in [1.29, 1.82) is 0 Å². The minimum absolute atomic E-state index is 0.0883. The lowest BCUT2D eigenvalue weighted by Gasteiger charge is -2.16. The summed E-state index contributed by atoms with van der Waals surface area (Å²) in [5.41, 5.74) is 1.02. The van der Waals surface area contributed by atoms with Crippen molar-refractivity contribution < 1.29 is 23.8 Å². The first-order chi connectivity index (χ1) is 16.5. The smallest absolute Gasteiger partial charge is 0.338 e. The van der Waals surface area contributed by atoms with Crippen LogP contribution in [0.15, 0.2) is 41.2 Å². The Bertz CT molecular complexity index is 1280. The third-order valence-electron chi connectivity index (χ3n) is 5.82. The fraction of sp³-hybridized carbons (Fsp3) is 0.360. The molecule has 1 aromatic heterocycles. The first kappa shape index (κ1) is 23.3. The Hall–Kier alpha value is -3.88. The zero-order valence-electron chi connectivity index (χ0n) is 19.3. The normalized spacial score (nSPS) is 13.4. The van der Waals surface area contributed by atoms with Gasteiger partial charge in [-0.15, -0.1) is 0 Å². The lowest BCUT2D eigenvalue weighted by Crippen LogP contribution is -2.26. The number of nitrogens with one attached hydrogen (secondary N) is 1. The molecule has 1 amide bonds. The quantitative estimate of drug-likeness (QED) is 0.556. The van der Waals surface area contributed by atoms with E-state index in [1.807, 2.05) is 0 Å². The van der Waals surface area contributed by atoms with Crippen molar-refractivity contribution in [2.24, 2.45) is 0 Å². The maximum Gasteiger partial charge on any atom is 0.338 e. The summed E-state index contributed by atoms with van der Waals surface area (Å²) in [5.74, 6) is 0.553. The molecule has 0 bridgehead atoms. The van der Waals surface area contributed by atoms with Gasteiger partial charge in [0.05, 0.1) is 36.4 Å². The van der Waals surface area contributed by atoms with E-state index in [0.717, 1.165) is 37.9 Å².